The summed E-state index contributed by atoms with van der Waals surface area (Å²) in [4.78, 5) is 0. The lowest BCUT2D eigenvalue weighted by molar-refractivity contribution is 0.141. The molecule has 15 heavy (non-hydrogen) atoms. The minimum atomic E-state index is -0.217. The molecule has 4 nitrogen and oxygen atoms in total. The molecule has 2 aliphatic heterocycles. The minimum Gasteiger partial charge on any atom is -0.393 e. The van der Waals surface area contributed by atoms with Crippen molar-refractivity contribution in [2.24, 2.45) is 0 Å². The first-order chi connectivity index (χ1) is 7.34. The highest BCUT2D eigenvalue weighted by molar-refractivity contribution is 7.99. The summed E-state index contributed by atoms with van der Waals surface area (Å²) in [7, 11) is 0. The quantitative estimate of drug-likeness (QED) is 0.779. The normalized spacial score (nSPS) is 30.5. The van der Waals surface area contributed by atoms with Gasteiger partial charge < -0.3 is 9.67 Å². The number of nitrogens with zero attached hydrogens (tertiary/aromatic N) is 3. The minimum absolute atomic E-state index is 0.217. The van der Waals surface area contributed by atoms with E-state index in [1.807, 2.05) is 11.8 Å². The number of thioether (sulfide) groups is 1. The van der Waals surface area contributed by atoms with Crippen molar-refractivity contribution in [3.63, 3.8) is 0 Å². The maximum Gasteiger partial charge on any atom is 0.146 e. The zero-order valence-corrected chi connectivity index (χ0v) is 9.41. The maximum atomic E-state index is 9.54. The number of aliphatic hydroxyl groups is 1. The van der Waals surface area contributed by atoms with Crippen LogP contribution in [-0.2, 0) is 13.0 Å². The van der Waals surface area contributed by atoms with Crippen LogP contribution in [-0.4, -0.2) is 31.7 Å². The SMILES string of the molecule is OC1CCn2c(nnc2C2CCCS2)C1. The Morgan fingerprint density at radius 2 is 2.27 bits per heavy atom. The first kappa shape index (κ1) is 9.66. The van der Waals surface area contributed by atoms with Gasteiger partial charge >= 0.3 is 0 Å². The van der Waals surface area contributed by atoms with Crippen molar-refractivity contribution in [3.05, 3.63) is 11.6 Å². The molecule has 2 atom stereocenters. The van der Waals surface area contributed by atoms with Crippen molar-refractivity contribution in [1.82, 2.24) is 14.8 Å². The second kappa shape index (κ2) is 3.79. The number of fused-ring (bicyclic) bond motifs is 1. The van der Waals surface area contributed by atoms with Gasteiger partial charge in [-0.25, -0.2) is 0 Å². The van der Waals surface area contributed by atoms with Gasteiger partial charge in [0, 0.05) is 13.0 Å². The van der Waals surface area contributed by atoms with Gasteiger partial charge in [0.25, 0.3) is 0 Å². The second-order valence-electron chi connectivity index (χ2n) is 4.27. The number of rotatable bonds is 1. The zero-order valence-electron chi connectivity index (χ0n) is 8.59. The van der Waals surface area contributed by atoms with Gasteiger partial charge in [0.2, 0.25) is 0 Å². The smallest absolute Gasteiger partial charge is 0.146 e. The molecule has 0 spiro atoms. The van der Waals surface area contributed by atoms with Crippen LogP contribution < -0.4 is 0 Å². The lowest BCUT2D eigenvalue weighted by atomic mass is 10.1. The number of hydrogen-bond donors (Lipinski definition) is 1. The summed E-state index contributed by atoms with van der Waals surface area (Å²) in [6.45, 7) is 0.885. The van der Waals surface area contributed by atoms with E-state index in [0.29, 0.717) is 11.7 Å². The number of aromatic nitrogens is 3. The molecule has 0 saturated carbocycles. The Morgan fingerprint density at radius 3 is 3.07 bits per heavy atom. The molecule has 3 heterocycles. The lowest BCUT2D eigenvalue weighted by Crippen LogP contribution is -2.24. The summed E-state index contributed by atoms with van der Waals surface area (Å²) in [5.74, 6) is 3.35. The molecule has 0 bridgehead atoms. The first-order valence-electron chi connectivity index (χ1n) is 5.56. The van der Waals surface area contributed by atoms with Gasteiger partial charge in [-0.3, -0.25) is 0 Å². The van der Waals surface area contributed by atoms with Crippen molar-refractivity contribution in [2.45, 2.75) is 43.6 Å². The zero-order chi connectivity index (χ0) is 10.3. The third-order valence-corrected chi connectivity index (χ3v) is 4.55. The van der Waals surface area contributed by atoms with Crippen LogP contribution in [0.2, 0.25) is 0 Å². The monoisotopic (exact) mass is 225 g/mol. The fraction of sp³-hybridized carbons (Fsp3) is 0.800. The third-order valence-electron chi connectivity index (χ3n) is 3.18. The van der Waals surface area contributed by atoms with Crippen LogP contribution >= 0.6 is 11.8 Å². The molecule has 2 unspecified atom stereocenters. The van der Waals surface area contributed by atoms with Crippen molar-refractivity contribution in [2.75, 3.05) is 5.75 Å². The van der Waals surface area contributed by atoms with Crippen LogP contribution in [0.25, 0.3) is 0 Å². The fourth-order valence-corrected chi connectivity index (χ4v) is 3.63. The number of aliphatic hydroxyl groups excluding tert-OH is 1. The van der Waals surface area contributed by atoms with Crippen LogP contribution in [0, 0.1) is 0 Å². The van der Waals surface area contributed by atoms with Crippen LogP contribution in [0.15, 0.2) is 0 Å². The Hall–Kier alpha value is -0.550. The largest absolute Gasteiger partial charge is 0.393 e. The van der Waals surface area contributed by atoms with Crippen molar-refractivity contribution in [3.8, 4) is 0 Å². The standard InChI is InChI=1S/C10H15N3OS/c14-7-3-4-13-9(6-7)11-12-10(13)8-2-1-5-15-8/h7-8,14H,1-6H2. The average Bonchev–Trinajstić information content (AvgIpc) is 2.82. The van der Waals surface area contributed by atoms with E-state index < -0.39 is 0 Å². The predicted octanol–water partition coefficient (Wildman–Crippen LogP) is 1.15. The van der Waals surface area contributed by atoms with Crippen LogP contribution in [0.3, 0.4) is 0 Å². The molecule has 0 radical (unpaired) electrons. The third kappa shape index (κ3) is 1.67. The average molecular weight is 225 g/mol. The molecule has 0 aromatic carbocycles. The molecule has 5 heteroatoms. The van der Waals surface area contributed by atoms with Crippen molar-refractivity contribution in [1.29, 1.82) is 0 Å². The summed E-state index contributed by atoms with van der Waals surface area (Å²) < 4.78 is 2.22. The van der Waals surface area contributed by atoms with Crippen LogP contribution in [0.5, 0.6) is 0 Å². The van der Waals surface area contributed by atoms with Crippen LogP contribution in [0.1, 0.15) is 36.2 Å². The molecule has 0 amide bonds. The van der Waals surface area contributed by atoms with E-state index >= 15 is 0 Å². The molecule has 82 valence electrons. The van der Waals surface area contributed by atoms with E-state index in [1.54, 1.807) is 0 Å². The summed E-state index contributed by atoms with van der Waals surface area (Å²) in [5, 5.41) is 18.6. The molecular weight excluding hydrogens is 210 g/mol. The van der Waals surface area contributed by atoms with Crippen molar-refractivity contribution >= 4 is 11.8 Å². The van der Waals surface area contributed by atoms with E-state index in [2.05, 4.69) is 14.8 Å². The Labute approximate surface area is 93.1 Å². The number of hydrogen-bond acceptors (Lipinski definition) is 4. The second-order valence-corrected chi connectivity index (χ2v) is 5.58. The Bertz CT molecular complexity index is 360. The topological polar surface area (TPSA) is 50.9 Å². The van der Waals surface area contributed by atoms with Gasteiger partial charge in [-0.15, -0.1) is 10.2 Å². The summed E-state index contributed by atoms with van der Waals surface area (Å²) in [6.07, 6.45) is 3.82. The van der Waals surface area contributed by atoms with Gasteiger partial charge in [0.15, 0.2) is 0 Å². The Morgan fingerprint density at radius 1 is 1.33 bits per heavy atom. The molecule has 1 N–H and O–H groups in total. The Balaban J connectivity index is 1.90. The van der Waals surface area contributed by atoms with Gasteiger partial charge in [-0.05, 0) is 25.0 Å². The first-order valence-corrected chi connectivity index (χ1v) is 6.61. The van der Waals surface area contributed by atoms with E-state index in [0.717, 1.165) is 24.6 Å². The van der Waals surface area contributed by atoms with Gasteiger partial charge in [-0.2, -0.15) is 11.8 Å². The molecule has 3 rings (SSSR count). The Kier molecular flexibility index (Phi) is 2.44. The molecular formula is C10H15N3OS. The molecule has 1 saturated heterocycles. The van der Waals surface area contributed by atoms with Crippen LogP contribution in [0.4, 0.5) is 0 Å². The summed E-state index contributed by atoms with van der Waals surface area (Å²) >= 11 is 1.99. The molecule has 0 aliphatic carbocycles. The summed E-state index contributed by atoms with van der Waals surface area (Å²) in [5.41, 5.74) is 0. The molecule has 1 aromatic rings. The predicted molar refractivity (Wildman–Crippen MR) is 58.8 cm³/mol. The van der Waals surface area contributed by atoms with Gasteiger partial charge in [0.05, 0.1) is 11.4 Å². The highest BCUT2D eigenvalue weighted by atomic mass is 32.2. The van der Waals surface area contributed by atoms with Gasteiger partial charge in [0.1, 0.15) is 11.6 Å². The van der Waals surface area contributed by atoms with E-state index in [4.69, 9.17) is 0 Å². The summed E-state index contributed by atoms with van der Waals surface area (Å²) in [6, 6.07) is 0. The van der Waals surface area contributed by atoms with E-state index in [-0.39, 0.29) is 6.10 Å². The van der Waals surface area contributed by atoms with E-state index in [1.165, 1.54) is 18.6 Å². The van der Waals surface area contributed by atoms with Gasteiger partial charge in [-0.1, -0.05) is 0 Å². The fourth-order valence-electron chi connectivity index (χ4n) is 2.35. The highest BCUT2D eigenvalue weighted by Gasteiger charge is 2.27. The molecule has 2 aliphatic rings. The highest BCUT2D eigenvalue weighted by Crippen LogP contribution is 2.39. The maximum absolute atomic E-state index is 9.54. The molecule has 1 aromatic heterocycles. The van der Waals surface area contributed by atoms with Crippen molar-refractivity contribution < 1.29 is 5.11 Å². The van der Waals surface area contributed by atoms with E-state index in [9.17, 15) is 5.11 Å². The lowest BCUT2D eigenvalue weighted by Gasteiger charge is -2.20. The molecule has 1 fully saturated rings.